The molecule has 0 N–H and O–H groups in total. The van der Waals surface area contributed by atoms with Crippen LogP contribution in [0.15, 0.2) is 97.1 Å². The second kappa shape index (κ2) is 12.0. The van der Waals surface area contributed by atoms with Gasteiger partial charge < -0.3 is 0 Å². The number of rotatable bonds is 8. The van der Waals surface area contributed by atoms with Gasteiger partial charge in [-0.3, -0.25) is 0 Å². The predicted octanol–water partition coefficient (Wildman–Crippen LogP) is 13.0. The van der Waals surface area contributed by atoms with Crippen LogP contribution in [-0.4, -0.2) is 0 Å². The average molecular weight is 615 g/mol. The van der Waals surface area contributed by atoms with Gasteiger partial charge >= 0.3 is 0 Å². The lowest BCUT2D eigenvalue weighted by atomic mass is 10.1. The molecule has 0 atom stereocenters. The molecule has 4 heteroatoms. The van der Waals surface area contributed by atoms with Gasteiger partial charge in [0.15, 0.2) is 0 Å². The molecule has 0 saturated heterocycles. The van der Waals surface area contributed by atoms with Crippen molar-refractivity contribution >= 4 is 88.5 Å². The monoisotopic (exact) mass is 614 g/mol. The highest BCUT2D eigenvalue weighted by Crippen LogP contribution is 2.41. The third-order valence-corrected chi connectivity index (χ3v) is 12.2. The molecule has 0 saturated carbocycles. The molecule has 0 nitrogen and oxygen atoms in total. The first-order valence-electron chi connectivity index (χ1n) is 14.3. The van der Waals surface area contributed by atoms with Crippen LogP contribution in [0.1, 0.15) is 45.9 Å². The Morgan fingerprint density at radius 3 is 1.17 bits per heavy atom. The lowest BCUT2D eigenvalue weighted by Crippen LogP contribution is -1.78. The average Bonchev–Trinajstić information content (AvgIpc) is 3.80. The van der Waals surface area contributed by atoms with Crippen LogP contribution < -0.4 is 0 Å². The van der Waals surface area contributed by atoms with E-state index in [0.717, 1.165) is 12.8 Å². The summed E-state index contributed by atoms with van der Waals surface area (Å²) in [5, 5.41) is 0. The summed E-state index contributed by atoms with van der Waals surface area (Å²) >= 11 is 7.51. The van der Waals surface area contributed by atoms with Gasteiger partial charge in [-0.1, -0.05) is 98.8 Å². The standard InChI is InChI=1S/C38H30S4/c1-3-25-5-9-27(10-6-25)13-19-31-21-35-37(39-31)23-33(41-35)29-15-17-30(18-16-29)34-24-38-36(42-34)22-32(40-38)20-14-28-11-7-26(4-2)8-12-28/h5-24H,3-4H2,1-2H3. The minimum Gasteiger partial charge on any atom is -0.135 e. The van der Waals surface area contributed by atoms with Gasteiger partial charge in [0.1, 0.15) is 0 Å². The summed E-state index contributed by atoms with van der Waals surface area (Å²) in [6.45, 7) is 4.39. The van der Waals surface area contributed by atoms with Crippen LogP contribution in [0.4, 0.5) is 0 Å². The molecule has 0 aliphatic heterocycles. The molecule has 206 valence electrons. The van der Waals surface area contributed by atoms with Crippen LogP contribution in [0.3, 0.4) is 0 Å². The van der Waals surface area contributed by atoms with E-state index in [4.69, 9.17) is 0 Å². The van der Waals surface area contributed by atoms with Crippen molar-refractivity contribution in [2.24, 2.45) is 0 Å². The lowest BCUT2D eigenvalue weighted by molar-refractivity contribution is 1.14. The van der Waals surface area contributed by atoms with Crippen molar-refractivity contribution in [3.8, 4) is 20.9 Å². The Kier molecular flexibility index (Phi) is 7.79. The molecule has 7 aromatic rings. The van der Waals surface area contributed by atoms with Crippen LogP contribution in [0, 0.1) is 0 Å². The Morgan fingerprint density at radius 2 is 0.810 bits per heavy atom. The van der Waals surface area contributed by atoms with Gasteiger partial charge in [-0.25, -0.2) is 0 Å². The number of hydrogen-bond donors (Lipinski definition) is 0. The fourth-order valence-corrected chi connectivity index (χ4v) is 9.67. The maximum atomic E-state index is 2.35. The largest absolute Gasteiger partial charge is 0.135 e. The maximum absolute atomic E-state index is 2.35. The molecule has 7 rings (SSSR count). The molecular formula is C38H30S4. The number of hydrogen-bond acceptors (Lipinski definition) is 4. The lowest BCUT2D eigenvalue weighted by Gasteiger charge is -2.00. The highest BCUT2D eigenvalue weighted by molar-refractivity contribution is 7.30. The minimum atomic E-state index is 1.08. The Labute approximate surface area is 263 Å². The van der Waals surface area contributed by atoms with Gasteiger partial charge in [-0.15, -0.1) is 45.3 Å². The molecule has 0 amide bonds. The van der Waals surface area contributed by atoms with E-state index in [9.17, 15) is 0 Å². The van der Waals surface area contributed by atoms with E-state index in [1.807, 2.05) is 45.3 Å². The molecule has 0 spiro atoms. The summed E-state index contributed by atoms with van der Waals surface area (Å²) < 4.78 is 5.45. The van der Waals surface area contributed by atoms with Crippen molar-refractivity contribution in [2.45, 2.75) is 26.7 Å². The highest BCUT2D eigenvalue weighted by Gasteiger charge is 2.11. The summed E-state index contributed by atoms with van der Waals surface area (Å²) in [4.78, 5) is 5.28. The molecular weight excluding hydrogens is 585 g/mol. The first kappa shape index (κ1) is 27.3. The fourth-order valence-electron chi connectivity index (χ4n) is 5.04. The fraction of sp³-hybridized carbons (Fsp3) is 0.105. The molecule has 42 heavy (non-hydrogen) atoms. The van der Waals surface area contributed by atoms with E-state index in [2.05, 4.69) is 135 Å². The Morgan fingerprint density at radius 1 is 0.429 bits per heavy atom. The third kappa shape index (κ3) is 5.86. The second-order valence-electron chi connectivity index (χ2n) is 10.4. The molecule has 0 unspecified atom stereocenters. The first-order valence-corrected chi connectivity index (χ1v) is 17.6. The molecule has 0 bridgehead atoms. The van der Waals surface area contributed by atoms with Crippen LogP contribution in [0.5, 0.6) is 0 Å². The molecule has 0 radical (unpaired) electrons. The van der Waals surface area contributed by atoms with Gasteiger partial charge in [0.05, 0.1) is 0 Å². The molecule has 0 fully saturated rings. The highest BCUT2D eigenvalue weighted by atomic mass is 32.1. The predicted molar refractivity (Wildman–Crippen MR) is 193 cm³/mol. The van der Waals surface area contributed by atoms with Crippen molar-refractivity contribution in [1.29, 1.82) is 0 Å². The first-order chi connectivity index (χ1) is 20.6. The van der Waals surface area contributed by atoms with Crippen molar-refractivity contribution in [3.63, 3.8) is 0 Å². The van der Waals surface area contributed by atoms with Gasteiger partial charge in [-0.2, -0.15) is 0 Å². The Bertz CT molecular complexity index is 1810. The smallest absolute Gasteiger partial charge is 0.0463 e. The number of benzene rings is 3. The summed E-state index contributed by atoms with van der Waals surface area (Å²) in [6.07, 6.45) is 11.1. The van der Waals surface area contributed by atoms with Crippen LogP contribution in [0.2, 0.25) is 0 Å². The summed E-state index contributed by atoms with van der Waals surface area (Å²) in [6, 6.07) is 36.1. The normalized spacial score (nSPS) is 12.0. The van der Waals surface area contributed by atoms with E-state index in [-0.39, 0.29) is 0 Å². The Hall–Kier alpha value is -3.54. The van der Waals surface area contributed by atoms with Gasteiger partial charge in [0, 0.05) is 38.3 Å². The van der Waals surface area contributed by atoms with E-state index in [1.54, 1.807) is 0 Å². The van der Waals surface area contributed by atoms with Gasteiger partial charge in [0.25, 0.3) is 0 Å². The summed E-state index contributed by atoms with van der Waals surface area (Å²) in [5.41, 5.74) is 7.84. The SMILES string of the molecule is CCc1ccc(C=Cc2cc3sc(-c4ccc(-c5cc6sc(C=Cc7ccc(CC)cc7)cc6s5)cc4)cc3s2)cc1. The zero-order valence-electron chi connectivity index (χ0n) is 23.6. The summed E-state index contributed by atoms with van der Waals surface area (Å²) in [7, 11) is 0. The third-order valence-electron chi connectivity index (χ3n) is 7.56. The van der Waals surface area contributed by atoms with E-state index < -0.39 is 0 Å². The molecule has 0 aliphatic rings. The zero-order chi connectivity index (χ0) is 28.5. The minimum absolute atomic E-state index is 1.08. The molecule has 4 heterocycles. The van der Waals surface area contributed by atoms with Crippen molar-refractivity contribution in [1.82, 2.24) is 0 Å². The zero-order valence-corrected chi connectivity index (χ0v) is 26.9. The number of fused-ring (bicyclic) bond motifs is 2. The Balaban J connectivity index is 1.03. The van der Waals surface area contributed by atoms with Gasteiger partial charge in [0.2, 0.25) is 0 Å². The number of aryl methyl sites for hydroxylation is 2. The van der Waals surface area contributed by atoms with Crippen molar-refractivity contribution in [3.05, 3.63) is 129 Å². The maximum Gasteiger partial charge on any atom is 0.0463 e. The quantitative estimate of drug-likeness (QED) is 0.160. The van der Waals surface area contributed by atoms with Crippen LogP contribution in [0.25, 0.3) is 64.0 Å². The summed E-state index contributed by atoms with van der Waals surface area (Å²) in [5.74, 6) is 0. The molecule has 0 aliphatic carbocycles. The van der Waals surface area contributed by atoms with Gasteiger partial charge in [-0.05, 0) is 82.6 Å². The molecule has 3 aromatic carbocycles. The molecule has 4 aromatic heterocycles. The topological polar surface area (TPSA) is 0 Å². The van der Waals surface area contributed by atoms with Crippen molar-refractivity contribution < 1.29 is 0 Å². The van der Waals surface area contributed by atoms with E-state index in [0.29, 0.717) is 0 Å². The van der Waals surface area contributed by atoms with Crippen molar-refractivity contribution in [2.75, 3.05) is 0 Å². The number of thiophene rings is 4. The van der Waals surface area contributed by atoms with E-state index in [1.165, 1.54) is 71.7 Å². The van der Waals surface area contributed by atoms with E-state index >= 15 is 0 Å². The second-order valence-corrected chi connectivity index (χ2v) is 14.8. The van der Waals surface area contributed by atoms with Crippen LogP contribution >= 0.6 is 45.3 Å². The van der Waals surface area contributed by atoms with Crippen LogP contribution in [-0.2, 0) is 12.8 Å².